The summed E-state index contributed by atoms with van der Waals surface area (Å²) >= 11 is 3.22. The van der Waals surface area contributed by atoms with Gasteiger partial charge in [-0.15, -0.1) is 0 Å². The molecule has 0 radical (unpaired) electrons. The van der Waals surface area contributed by atoms with Crippen molar-refractivity contribution in [3.8, 4) is 17.2 Å². The Morgan fingerprint density at radius 3 is 2.90 bits per heavy atom. The van der Waals surface area contributed by atoms with Crippen LogP contribution in [0.15, 0.2) is 27.2 Å². The van der Waals surface area contributed by atoms with Crippen molar-refractivity contribution in [1.29, 1.82) is 0 Å². The number of halogens is 3. The lowest BCUT2D eigenvalue weighted by molar-refractivity contribution is 0.0182. The Morgan fingerprint density at radius 1 is 1.40 bits per heavy atom. The van der Waals surface area contributed by atoms with Crippen molar-refractivity contribution < 1.29 is 23.1 Å². The number of aromatic hydroxyl groups is 1. The van der Waals surface area contributed by atoms with Crippen LogP contribution in [0.25, 0.3) is 11.5 Å². The molecule has 0 unspecified atom stereocenters. The summed E-state index contributed by atoms with van der Waals surface area (Å²) in [5.41, 5.74) is 0.403. The van der Waals surface area contributed by atoms with Gasteiger partial charge in [0.25, 0.3) is 12.3 Å². The molecule has 0 atom stereocenters. The molecule has 2 aromatic rings. The molecule has 1 aromatic carbocycles. The highest BCUT2D eigenvalue weighted by atomic mass is 79.9. The van der Waals surface area contributed by atoms with Crippen molar-refractivity contribution in [2.45, 2.75) is 12.8 Å². The maximum atomic E-state index is 11.9. The van der Waals surface area contributed by atoms with Crippen LogP contribution in [-0.2, 0) is 11.2 Å². The highest BCUT2D eigenvalue weighted by Gasteiger charge is 2.13. The van der Waals surface area contributed by atoms with E-state index in [1.54, 1.807) is 12.1 Å². The molecule has 0 fully saturated rings. The zero-order valence-corrected chi connectivity index (χ0v) is 11.8. The van der Waals surface area contributed by atoms with Gasteiger partial charge in [0.15, 0.2) is 5.82 Å². The lowest BCUT2D eigenvalue weighted by Crippen LogP contribution is -2.07. The number of phenolic OH excluding ortho intramolecular Hbond substituents is 1. The van der Waals surface area contributed by atoms with E-state index in [1.807, 2.05) is 0 Å². The van der Waals surface area contributed by atoms with Gasteiger partial charge in [0.2, 0.25) is 0 Å². The first-order chi connectivity index (χ1) is 9.56. The first-order valence-corrected chi connectivity index (χ1v) is 6.53. The SMILES string of the molecule is Oc1cc(Br)ccc1-c1nc(CCOCC(F)F)no1. The second-order valence-corrected chi connectivity index (χ2v) is 4.81. The minimum atomic E-state index is -2.49. The van der Waals surface area contributed by atoms with Gasteiger partial charge in [-0.2, -0.15) is 4.98 Å². The van der Waals surface area contributed by atoms with Crippen LogP contribution in [-0.4, -0.2) is 34.9 Å². The number of ether oxygens (including phenoxy) is 1. The Morgan fingerprint density at radius 2 is 2.20 bits per heavy atom. The zero-order valence-electron chi connectivity index (χ0n) is 10.2. The molecule has 0 aliphatic rings. The van der Waals surface area contributed by atoms with Gasteiger partial charge in [-0.1, -0.05) is 21.1 Å². The summed E-state index contributed by atoms with van der Waals surface area (Å²) in [7, 11) is 0. The van der Waals surface area contributed by atoms with Gasteiger partial charge in [0.05, 0.1) is 12.2 Å². The summed E-state index contributed by atoms with van der Waals surface area (Å²) in [6.45, 7) is -0.534. The molecule has 0 bridgehead atoms. The average molecular weight is 349 g/mol. The molecule has 0 aliphatic carbocycles. The normalized spacial score (nSPS) is 11.2. The number of rotatable bonds is 6. The second kappa shape index (κ2) is 6.76. The third kappa shape index (κ3) is 3.97. The number of hydrogen-bond donors (Lipinski definition) is 1. The fourth-order valence-electron chi connectivity index (χ4n) is 1.49. The number of benzene rings is 1. The lowest BCUT2D eigenvalue weighted by atomic mass is 10.2. The van der Waals surface area contributed by atoms with Crippen molar-refractivity contribution in [2.75, 3.05) is 13.2 Å². The van der Waals surface area contributed by atoms with Crippen molar-refractivity contribution in [1.82, 2.24) is 10.1 Å². The number of aromatic nitrogens is 2. The molecule has 5 nitrogen and oxygen atoms in total. The van der Waals surface area contributed by atoms with Crippen LogP contribution >= 0.6 is 15.9 Å². The lowest BCUT2D eigenvalue weighted by Gasteiger charge is -2.00. The fraction of sp³-hybridized carbons (Fsp3) is 0.333. The summed E-state index contributed by atoms with van der Waals surface area (Å²) < 4.78 is 34.2. The standard InChI is InChI=1S/C12H11BrF2N2O3/c13-7-1-2-8(9(18)5-7)12-16-11(17-20-12)3-4-19-6-10(14)15/h1-2,5,10,18H,3-4,6H2. The van der Waals surface area contributed by atoms with Gasteiger partial charge in [-0.25, -0.2) is 8.78 Å². The van der Waals surface area contributed by atoms with Gasteiger partial charge >= 0.3 is 0 Å². The van der Waals surface area contributed by atoms with Crippen molar-refractivity contribution in [3.63, 3.8) is 0 Å². The van der Waals surface area contributed by atoms with E-state index in [9.17, 15) is 13.9 Å². The van der Waals surface area contributed by atoms with Crippen LogP contribution in [0.5, 0.6) is 5.75 Å². The highest BCUT2D eigenvalue weighted by Crippen LogP contribution is 2.30. The minimum Gasteiger partial charge on any atom is -0.507 e. The van der Waals surface area contributed by atoms with E-state index in [2.05, 4.69) is 26.1 Å². The predicted octanol–water partition coefficient (Wildman–Crippen LogP) is 3.03. The molecular formula is C12H11BrF2N2O3. The Kier molecular flexibility index (Phi) is 5.02. The van der Waals surface area contributed by atoms with Crippen molar-refractivity contribution in [3.05, 3.63) is 28.5 Å². The third-order valence-corrected chi connectivity index (χ3v) is 2.87. The Labute approximate surface area is 121 Å². The molecule has 0 saturated carbocycles. The maximum Gasteiger partial charge on any atom is 0.261 e. The van der Waals surface area contributed by atoms with E-state index in [-0.39, 0.29) is 24.7 Å². The van der Waals surface area contributed by atoms with Gasteiger partial charge in [-0.3, -0.25) is 0 Å². The Hall–Kier alpha value is -1.54. The number of alkyl halides is 2. The van der Waals surface area contributed by atoms with E-state index >= 15 is 0 Å². The van der Waals surface area contributed by atoms with E-state index in [0.29, 0.717) is 11.4 Å². The maximum absolute atomic E-state index is 11.9. The molecule has 0 aliphatic heterocycles. The summed E-state index contributed by atoms with van der Waals surface area (Å²) in [6.07, 6.45) is -2.23. The number of hydrogen-bond acceptors (Lipinski definition) is 5. The average Bonchev–Trinajstić information content (AvgIpc) is 2.83. The molecule has 2 rings (SSSR count). The number of phenols is 1. The van der Waals surface area contributed by atoms with Gasteiger partial charge in [-0.05, 0) is 18.2 Å². The number of nitrogens with zero attached hydrogens (tertiary/aromatic N) is 2. The van der Waals surface area contributed by atoms with Crippen molar-refractivity contribution >= 4 is 15.9 Å². The molecule has 1 heterocycles. The molecule has 8 heteroatoms. The summed E-state index contributed by atoms with van der Waals surface area (Å²) in [5.74, 6) is 0.499. The van der Waals surface area contributed by atoms with Crippen LogP contribution in [0.4, 0.5) is 8.78 Å². The zero-order chi connectivity index (χ0) is 14.5. The third-order valence-electron chi connectivity index (χ3n) is 2.37. The quantitative estimate of drug-likeness (QED) is 0.812. The van der Waals surface area contributed by atoms with Gasteiger partial charge < -0.3 is 14.4 Å². The molecular weight excluding hydrogens is 338 g/mol. The van der Waals surface area contributed by atoms with E-state index in [0.717, 1.165) is 4.47 Å². The van der Waals surface area contributed by atoms with Crippen LogP contribution in [0, 0.1) is 0 Å². The van der Waals surface area contributed by atoms with Crippen LogP contribution in [0.1, 0.15) is 5.82 Å². The molecule has 20 heavy (non-hydrogen) atoms. The first-order valence-electron chi connectivity index (χ1n) is 5.73. The minimum absolute atomic E-state index is 0.00326. The summed E-state index contributed by atoms with van der Waals surface area (Å²) in [6, 6.07) is 4.86. The summed E-state index contributed by atoms with van der Waals surface area (Å²) in [4.78, 5) is 4.07. The Balaban J connectivity index is 1.98. The monoisotopic (exact) mass is 348 g/mol. The van der Waals surface area contributed by atoms with E-state index in [1.165, 1.54) is 6.07 Å². The highest BCUT2D eigenvalue weighted by molar-refractivity contribution is 9.10. The van der Waals surface area contributed by atoms with Gasteiger partial charge in [0.1, 0.15) is 12.4 Å². The first kappa shape index (κ1) is 14.9. The fourth-order valence-corrected chi connectivity index (χ4v) is 1.84. The molecule has 108 valence electrons. The molecule has 1 aromatic heterocycles. The van der Waals surface area contributed by atoms with Crippen LogP contribution < -0.4 is 0 Å². The summed E-state index contributed by atoms with van der Waals surface area (Å²) in [5, 5.41) is 13.5. The largest absolute Gasteiger partial charge is 0.507 e. The van der Waals surface area contributed by atoms with E-state index in [4.69, 9.17) is 9.26 Å². The Bertz CT molecular complexity index is 578. The van der Waals surface area contributed by atoms with Crippen LogP contribution in [0.2, 0.25) is 0 Å². The molecule has 1 N–H and O–H groups in total. The van der Waals surface area contributed by atoms with Gasteiger partial charge in [0, 0.05) is 10.9 Å². The smallest absolute Gasteiger partial charge is 0.261 e. The van der Waals surface area contributed by atoms with Crippen LogP contribution in [0.3, 0.4) is 0 Å². The molecule has 0 spiro atoms. The second-order valence-electron chi connectivity index (χ2n) is 3.89. The predicted molar refractivity (Wildman–Crippen MR) is 69.6 cm³/mol. The topological polar surface area (TPSA) is 68.4 Å². The van der Waals surface area contributed by atoms with E-state index < -0.39 is 13.0 Å². The molecule has 0 amide bonds. The molecule has 0 saturated heterocycles. The van der Waals surface area contributed by atoms with Crippen molar-refractivity contribution in [2.24, 2.45) is 0 Å².